The van der Waals surface area contributed by atoms with Crippen molar-refractivity contribution in [3.8, 4) is 90.0 Å². The van der Waals surface area contributed by atoms with Gasteiger partial charge in [-0.2, -0.15) is 0 Å². The normalized spacial score (nSPS) is 12.8. The molecule has 0 unspecified atom stereocenters. The summed E-state index contributed by atoms with van der Waals surface area (Å²) in [4.78, 5) is 15.0. The molecule has 12 rings (SSSR count). The summed E-state index contributed by atoms with van der Waals surface area (Å²) in [5.74, 6) is 2.44. The third kappa shape index (κ3) is 5.80. The van der Waals surface area contributed by atoms with Crippen molar-refractivity contribution in [2.24, 2.45) is 0 Å². The number of para-hydroxylation sites is 2. The van der Waals surface area contributed by atoms with Crippen LogP contribution in [0.2, 0.25) is 0 Å². The van der Waals surface area contributed by atoms with Crippen LogP contribution in [-0.4, -0.2) is 15.0 Å². The Balaban J connectivity index is 1.04. The zero-order valence-corrected chi connectivity index (χ0v) is 33.6. The van der Waals surface area contributed by atoms with Crippen molar-refractivity contribution >= 4 is 0 Å². The van der Waals surface area contributed by atoms with Crippen LogP contribution in [0.1, 0.15) is 22.3 Å². The Bertz CT molecular complexity index is 3220. The number of fused-ring (bicyclic) bond motifs is 9. The maximum absolute atomic E-state index is 6.65. The van der Waals surface area contributed by atoms with Gasteiger partial charge >= 0.3 is 0 Å². The number of hydrogen-bond acceptors (Lipinski definition) is 4. The fraction of sp³-hybridized carbons (Fsp3) is 0.0172. The molecular formula is C58H37N3O. The van der Waals surface area contributed by atoms with Crippen LogP contribution in [-0.2, 0) is 5.41 Å². The van der Waals surface area contributed by atoms with Gasteiger partial charge in [0.25, 0.3) is 0 Å². The molecule has 1 aliphatic heterocycles. The van der Waals surface area contributed by atoms with E-state index in [1.807, 2.05) is 30.5 Å². The van der Waals surface area contributed by atoms with Gasteiger partial charge in [0.05, 0.1) is 22.5 Å². The number of aromatic nitrogens is 3. The smallest absolute Gasteiger partial charge is 0.160 e. The molecule has 62 heavy (non-hydrogen) atoms. The molecule has 2 aromatic heterocycles. The Labute approximate surface area is 360 Å². The molecule has 1 aliphatic carbocycles. The zero-order valence-electron chi connectivity index (χ0n) is 33.6. The second-order valence-electron chi connectivity index (χ2n) is 15.9. The van der Waals surface area contributed by atoms with E-state index in [9.17, 15) is 0 Å². The van der Waals surface area contributed by atoms with Crippen LogP contribution in [0.5, 0.6) is 11.5 Å². The molecule has 10 aromatic rings. The molecule has 0 amide bonds. The van der Waals surface area contributed by atoms with Crippen molar-refractivity contribution in [3.05, 3.63) is 247 Å². The van der Waals surface area contributed by atoms with Crippen LogP contribution in [0.4, 0.5) is 0 Å². The summed E-state index contributed by atoms with van der Waals surface area (Å²) in [7, 11) is 0. The van der Waals surface area contributed by atoms with Gasteiger partial charge in [0.2, 0.25) is 0 Å². The highest BCUT2D eigenvalue weighted by atomic mass is 16.5. The van der Waals surface area contributed by atoms with Crippen molar-refractivity contribution in [2.75, 3.05) is 0 Å². The Morgan fingerprint density at radius 2 is 0.774 bits per heavy atom. The van der Waals surface area contributed by atoms with Crippen molar-refractivity contribution in [1.82, 2.24) is 15.0 Å². The average Bonchev–Trinajstić information content (AvgIpc) is 3.64. The van der Waals surface area contributed by atoms with Crippen LogP contribution >= 0.6 is 0 Å². The lowest BCUT2D eigenvalue weighted by Crippen LogP contribution is -2.32. The van der Waals surface area contributed by atoms with E-state index in [4.69, 9.17) is 14.7 Å². The van der Waals surface area contributed by atoms with Gasteiger partial charge in [-0.3, -0.25) is 4.98 Å². The SMILES string of the molecule is c1ccc(-c2cc(-c3ccccc3)nc(-c3cccc(-c4ccc5c(c4)-c4cc(-c6cccc(-c7ccccn7)c6)ccc4C54c5ccccc5Oc5ccccc54)c3)n2)cc1. The van der Waals surface area contributed by atoms with Crippen molar-refractivity contribution in [3.63, 3.8) is 0 Å². The molecule has 4 heteroatoms. The van der Waals surface area contributed by atoms with Gasteiger partial charge in [0.1, 0.15) is 11.5 Å². The maximum atomic E-state index is 6.65. The predicted octanol–water partition coefficient (Wildman–Crippen LogP) is 14.3. The molecule has 0 saturated heterocycles. The summed E-state index contributed by atoms with van der Waals surface area (Å²) in [5.41, 5.74) is 18.0. The third-order valence-corrected chi connectivity index (χ3v) is 12.4. The van der Waals surface area contributed by atoms with E-state index in [1.54, 1.807) is 0 Å². The van der Waals surface area contributed by atoms with E-state index in [1.165, 1.54) is 22.3 Å². The Morgan fingerprint density at radius 3 is 1.34 bits per heavy atom. The second-order valence-corrected chi connectivity index (χ2v) is 15.9. The van der Waals surface area contributed by atoms with E-state index < -0.39 is 5.41 Å². The molecule has 3 heterocycles. The van der Waals surface area contributed by atoms with Gasteiger partial charge < -0.3 is 4.74 Å². The van der Waals surface area contributed by atoms with Crippen molar-refractivity contribution in [2.45, 2.75) is 5.41 Å². The van der Waals surface area contributed by atoms with E-state index in [0.717, 1.165) is 84.2 Å². The van der Waals surface area contributed by atoms with Gasteiger partial charge in [-0.25, -0.2) is 9.97 Å². The van der Waals surface area contributed by atoms with Gasteiger partial charge in [0.15, 0.2) is 5.82 Å². The minimum Gasteiger partial charge on any atom is -0.457 e. The first-order chi connectivity index (χ1) is 30.7. The van der Waals surface area contributed by atoms with Crippen LogP contribution < -0.4 is 4.74 Å². The van der Waals surface area contributed by atoms with Crippen molar-refractivity contribution in [1.29, 1.82) is 0 Å². The van der Waals surface area contributed by atoms with Crippen LogP contribution in [0, 0.1) is 0 Å². The molecule has 2 aliphatic rings. The first kappa shape index (κ1) is 35.7. The quantitative estimate of drug-likeness (QED) is 0.168. The standard InChI is InChI=1S/C58H37N3O/c1-3-15-38(16-4-1)53-37-54(39-17-5-2-6-18-39)61-57(60-53)45-22-14-20-41(34-45)43-29-31-49-47(36-43)46-35-42(40-19-13-21-44(33-40)52-25-11-12-32-59-52)28-30-48(46)58(49)50-23-7-9-26-55(50)62-56-27-10-8-24-51(56)58/h1-37H. The van der Waals surface area contributed by atoms with Gasteiger partial charge in [-0.05, 0) is 99.1 Å². The van der Waals surface area contributed by atoms with E-state index in [-0.39, 0.29) is 0 Å². The lowest BCUT2D eigenvalue weighted by molar-refractivity contribution is 0.436. The molecule has 1 spiro atoms. The monoisotopic (exact) mass is 791 g/mol. The van der Waals surface area contributed by atoms with E-state index in [0.29, 0.717) is 5.82 Å². The fourth-order valence-corrected chi connectivity index (χ4v) is 9.59. The molecule has 4 nitrogen and oxygen atoms in total. The first-order valence-corrected chi connectivity index (χ1v) is 21.0. The number of ether oxygens (including phenoxy) is 1. The third-order valence-electron chi connectivity index (χ3n) is 12.4. The zero-order chi connectivity index (χ0) is 41.0. The molecule has 0 N–H and O–H groups in total. The van der Waals surface area contributed by atoms with Gasteiger partial charge in [-0.1, -0.05) is 164 Å². The summed E-state index contributed by atoms with van der Waals surface area (Å²) in [5, 5.41) is 0. The van der Waals surface area contributed by atoms with Crippen LogP contribution in [0.15, 0.2) is 225 Å². The number of benzene rings is 8. The summed E-state index contributed by atoms with van der Waals surface area (Å²) < 4.78 is 6.65. The van der Waals surface area contributed by atoms with Gasteiger partial charge in [0, 0.05) is 39.6 Å². The summed E-state index contributed by atoms with van der Waals surface area (Å²) >= 11 is 0. The predicted molar refractivity (Wildman–Crippen MR) is 250 cm³/mol. The lowest BCUT2D eigenvalue weighted by Gasteiger charge is -2.39. The topological polar surface area (TPSA) is 47.9 Å². The van der Waals surface area contributed by atoms with Crippen LogP contribution in [0.3, 0.4) is 0 Å². The summed E-state index contributed by atoms with van der Waals surface area (Å²) in [6.45, 7) is 0. The Morgan fingerprint density at radius 1 is 0.306 bits per heavy atom. The molecule has 290 valence electrons. The Kier molecular flexibility index (Phi) is 8.36. The molecule has 0 bridgehead atoms. The second kappa shape index (κ2) is 14.5. The van der Waals surface area contributed by atoms with Crippen LogP contribution in [0.25, 0.3) is 78.5 Å². The van der Waals surface area contributed by atoms with Gasteiger partial charge in [-0.15, -0.1) is 0 Å². The summed E-state index contributed by atoms with van der Waals surface area (Å²) in [6, 6.07) is 77.2. The maximum Gasteiger partial charge on any atom is 0.160 e. The largest absolute Gasteiger partial charge is 0.457 e. The molecule has 0 radical (unpaired) electrons. The van der Waals surface area contributed by atoms with E-state index >= 15 is 0 Å². The highest BCUT2D eigenvalue weighted by molar-refractivity contribution is 5.93. The summed E-state index contributed by atoms with van der Waals surface area (Å²) in [6.07, 6.45) is 1.85. The highest BCUT2D eigenvalue weighted by Gasteiger charge is 2.51. The molecule has 8 aromatic carbocycles. The average molecular weight is 792 g/mol. The lowest BCUT2D eigenvalue weighted by atomic mass is 9.66. The minimum absolute atomic E-state index is 0.579. The van der Waals surface area contributed by atoms with E-state index in [2.05, 4.69) is 199 Å². The molecule has 0 saturated carbocycles. The molecular weight excluding hydrogens is 755 g/mol. The minimum atomic E-state index is -0.579. The molecule has 0 fully saturated rings. The number of nitrogens with zero attached hydrogens (tertiary/aromatic N) is 3. The first-order valence-electron chi connectivity index (χ1n) is 21.0. The fourth-order valence-electron chi connectivity index (χ4n) is 9.59. The number of pyridine rings is 1. The number of rotatable bonds is 6. The Hall–Kier alpha value is -8.21. The highest BCUT2D eigenvalue weighted by Crippen LogP contribution is 2.62. The molecule has 0 atom stereocenters. The van der Waals surface area contributed by atoms with Crippen molar-refractivity contribution < 1.29 is 4.74 Å². The number of hydrogen-bond donors (Lipinski definition) is 0.